The van der Waals surface area contributed by atoms with E-state index in [-0.39, 0.29) is 12.1 Å². The highest BCUT2D eigenvalue weighted by Crippen LogP contribution is 2.41. The fourth-order valence-corrected chi connectivity index (χ4v) is 4.48. The van der Waals surface area contributed by atoms with Gasteiger partial charge in [0.2, 0.25) is 0 Å². The van der Waals surface area contributed by atoms with E-state index in [0.717, 1.165) is 30.6 Å². The average molecular weight is 319 g/mol. The van der Waals surface area contributed by atoms with Crippen LogP contribution >= 0.6 is 0 Å². The van der Waals surface area contributed by atoms with Gasteiger partial charge < -0.3 is 4.74 Å². The van der Waals surface area contributed by atoms with Gasteiger partial charge in [0.25, 0.3) is 0 Å². The first-order chi connectivity index (χ1) is 11.2. The van der Waals surface area contributed by atoms with Crippen LogP contribution in [0.1, 0.15) is 78.1 Å². The highest BCUT2D eigenvalue weighted by Gasteiger charge is 2.31. The van der Waals surface area contributed by atoms with Crippen LogP contribution in [0.4, 0.5) is 0 Å². The zero-order valence-corrected chi connectivity index (χ0v) is 15.0. The summed E-state index contributed by atoms with van der Waals surface area (Å²) in [7, 11) is 0. The monoisotopic (exact) mass is 318 g/mol. The maximum atomic E-state index is 11.7. The summed E-state index contributed by atoms with van der Waals surface area (Å²) in [5.41, 5.74) is 0. The molecule has 0 saturated heterocycles. The predicted molar refractivity (Wildman–Crippen MR) is 96.1 cm³/mol. The van der Waals surface area contributed by atoms with Crippen molar-refractivity contribution < 1.29 is 9.53 Å². The van der Waals surface area contributed by atoms with Crippen molar-refractivity contribution in [1.29, 1.82) is 0 Å². The number of hydrogen-bond acceptors (Lipinski definition) is 2. The lowest BCUT2D eigenvalue weighted by Crippen LogP contribution is -2.29. The summed E-state index contributed by atoms with van der Waals surface area (Å²) in [6, 6.07) is 0. The fraction of sp³-hybridized carbons (Fsp3) is 0.762. The zero-order valence-electron chi connectivity index (χ0n) is 15.0. The molecule has 0 aromatic heterocycles. The Labute approximate surface area is 142 Å². The lowest BCUT2D eigenvalue weighted by Gasteiger charge is -2.37. The minimum atomic E-state index is -0.188. The first kappa shape index (κ1) is 18.3. The van der Waals surface area contributed by atoms with E-state index in [1.54, 1.807) is 6.08 Å². The van der Waals surface area contributed by atoms with E-state index in [0.29, 0.717) is 0 Å². The van der Waals surface area contributed by atoms with Gasteiger partial charge in [0.1, 0.15) is 6.10 Å². The molecule has 2 nitrogen and oxygen atoms in total. The summed E-state index contributed by atoms with van der Waals surface area (Å²) in [5, 5.41) is 0. The van der Waals surface area contributed by atoms with Crippen molar-refractivity contribution in [1.82, 2.24) is 0 Å². The summed E-state index contributed by atoms with van der Waals surface area (Å²) >= 11 is 0. The van der Waals surface area contributed by atoms with E-state index >= 15 is 0 Å². The molecule has 0 N–H and O–H groups in total. The minimum Gasteiger partial charge on any atom is -0.459 e. The Morgan fingerprint density at radius 3 is 2.13 bits per heavy atom. The lowest BCUT2D eigenvalue weighted by atomic mass is 9.70. The molecule has 2 fully saturated rings. The molecule has 2 aliphatic carbocycles. The van der Waals surface area contributed by atoms with Crippen molar-refractivity contribution in [3.05, 3.63) is 24.3 Å². The third-order valence-electron chi connectivity index (χ3n) is 5.79. The molecular weight excluding hydrogens is 284 g/mol. The molecule has 0 bridgehead atoms. The van der Waals surface area contributed by atoms with Crippen LogP contribution < -0.4 is 0 Å². The summed E-state index contributed by atoms with van der Waals surface area (Å²) in [6.45, 7) is 4.25. The van der Waals surface area contributed by atoms with Crippen LogP contribution in [0.25, 0.3) is 0 Å². The molecule has 0 amide bonds. The molecule has 0 aromatic rings. The molecule has 2 saturated carbocycles. The second kappa shape index (κ2) is 9.95. The number of hydrogen-bond donors (Lipinski definition) is 0. The van der Waals surface area contributed by atoms with Crippen molar-refractivity contribution in [2.75, 3.05) is 0 Å². The van der Waals surface area contributed by atoms with E-state index in [4.69, 9.17) is 4.74 Å². The molecule has 0 heterocycles. The van der Waals surface area contributed by atoms with Crippen LogP contribution in [0.15, 0.2) is 24.3 Å². The molecule has 0 atom stereocenters. The Morgan fingerprint density at radius 2 is 1.57 bits per heavy atom. The van der Waals surface area contributed by atoms with Crippen LogP contribution in [-0.2, 0) is 9.53 Å². The van der Waals surface area contributed by atoms with E-state index in [1.165, 1.54) is 57.4 Å². The number of rotatable bonds is 6. The molecule has 0 aromatic carbocycles. The summed E-state index contributed by atoms with van der Waals surface area (Å²) < 4.78 is 5.56. The van der Waals surface area contributed by atoms with Gasteiger partial charge in [0, 0.05) is 6.08 Å². The highest BCUT2D eigenvalue weighted by atomic mass is 16.5. The number of esters is 1. The smallest absolute Gasteiger partial charge is 0.331 e. The van der Waals surface area contributed by atoms with Gasteiger partial charge in [-0.25, -0.2) is 4.79 Å². The van der Waals surface area contributed by atoms with Gasteiger partial charge in [-0.05, 0) is 63.2 Å². The van der Waals surface area contributed by atoms with Crippen LogP contribution in [0.2, 0.25) is 0 Å². The van der Waals surface area contributed by atoms with Crippen molar-refractivity contribution in [2.45, 2.75) is 84.2 Å². The summed E-state index contributed by atoms with van der Waals surface area (Å²) in [5.74, 6) is 2.63. The molecular formula is C21H34O2. The van der Waals surface area contributed by atoms with Gasteiger partial charge in [-0.15, -0.1) is 0 Å². The van der Waals surface area contributed by atoms with Crippen LogP contribution in [0.5, 0.6) is 0 Å². The Kier molecular flexibility index (Phi) is 7.91. The normalized spacial score (nSPS) is 32.4. The first-order valence-corrected chi connectivity index (χ1v) is 9.72. The molecule has 0 unspecified atom stereocenters. The minimum absolute atomic E-state index is 0.144. The molecule has 0 radical (unpaired) electrons. The average Bonchev–Trinajstić information content (AvgIpc) is 2.57. The van der Waals surface area contributed by atoms with Gasteiger partial charge >= 0.3 is 5.97 Å². The first-order valence-electron chi connectivity index (χ1n) is 9.72. The number of carbonyl (C=O) groups excluding carboxylic acids is 1. The quantitative estimate of drug-likeness (QED) is 0.350. The topological polar surface area (TPSA) is 26.3 Å². The van der Waals surface area contributed by atoms with Crippen molar-refractivity contribution >= 4 is 5.97 Å². The summed E-state index contributed by atoms with van der Waals surface area (Å²) in [6.07, 6.45) is 20.3. The standard InChI is InChI=1S/C21H34O2/c1-3-5-6-8-21(22)23-20-15-13-19(14-16-20)18-11-9-17(7-4-2)10-12-18/h3,5-6,8,17-20H,4,7,9-16H2,1-2H3/b5-3+,8-6+. The van der Waals surface area contributed by atoms with Crippen LogP contribution in [0, 0.1) is 17.8 Å². The molecule has 2 aliphatic rings. The zero-order chi connectivity index (χ0) is 16.5. The molecule has 2 rings (SSSR count). The fourth-order valence-electron chi connectivity index (χ4n) is 4.48. The van der Waals surface area contributed by atoms with E-state index < -0.39 is 0 Å². The Hall–Kier alpha value is -1.05. The number of carbonyl (C=O) groups is 1. The van der Waals surface area contributed by atoms with Crippen molar-refractivity contribution in [3.8, 4) is 0 Å². The van der Waals surface area contributed by atoms with E-state index in [2.05, 4.69) is 6.92 Å². The highest BCUT2D eigenvalue weighted by molar-refractivity contribution is 5.82. The SMILES string of the molecule is C/C=C/C=C/C(=O)OC1CCC(C2CCC(CCC)CC2)CC1. The predicted octanol–water partition coefficient (Wildman–Crippen LogP) is 5.83. The lowest BCUT2D eigenvalue weighted by molar-refractivity contribution is -0.145. The Balaban J connectivity index is 1.67. The number of ether oxygens (including phenoxy) is 1. The molecule has 0 spiro atoms. The van der Waals surface area contributed by atoms with Crippen molar-refractivity contribution in [2.24, 2.45) is 17.8 Å². The van der Waals surface area contributed by atoms with Crippen molar-refractivity contribution in [3.63, 3.8) is 0 Å². The van der Waals surface area contributed by atoms with Crippen LogP contribution in [-0.4, -0.2) is 12.1 Å². The van der Waals surface area contributed by atoms with Gasteiger partial charge in [-0.3, -0.25) is 0 Å². The van der Waals surface area contributed by atoms with Gasteiger partial charge in [-0.2, -0.15) is 0 Å². The number of allylic oxidation sites excluding steroid dienone is 3. The van der Waals surface area contributed by atoms with Gasteiger partial charge in [-0.1, -0.05) is 50.8 Å². The van der Waals surface area contributed by atoms with Gasteiger partial charge in [0.15, 0.2) is 0 Å². The third kappa shape index (κ3) is 6.16. The van der Waals surface area contributed by atoms with Crippen LogP contribution in [0.3, 0.4) is 0 Å². The molecule has 130 valence electrons. The van der Waals surface area contributed by atoms with E-state index in [9.17, 15) is 4.79 Å². The Morgan fingerprint density at radius 1 is 0.957 bits per heavy atom. The third-order valence-corrected chi connectivity index (χ3v) is 5.79. The second-order valence-electron chi connectivity index (χ2n) is 7.43. The summed E-state index contributed by atoms with van der Waals surface area (Å²) in [4.78, 5) is 11.7. The van der Waals surface area contributed by atoms with Gasteiger partial charge in [0.05, 0.1) is 0 Å². The van der Waals surface area contributed by atoms with E-state index in [1.807, 2.05) is 19.1 Å². The molecule has 0 aliphatic heterocycles. The maximum Gasteiger partial charge on any atom is 0.331 e. The maximum absolute atomic E-state index is 11.7. The largest absolute Gasteiger partial charge is 0.459 e. The second-order valence-corrected chi connectivity index (χ2v) is 7.43. The Bertz CT molecular complexity index is 394. The molecule has 2 heteroatoms. The molecule has 23 heavy (non-hydrogen) atoms.